The van der Waals surface area contributed by atoms with Gasteiger partial charge >= 0.3 is 11.9 Å². The molecule has 28 heavy (non-hydrogen) atoms. The van der Waals surface area contributed by atoms with Crippen molar-refractivity contribution in [1.29, 1.82) is 0 Å². The summed E-state index contributed by atoms with van der Waals surface area (Å²) in [5.41, 5.74) is 3.97. The maximum atomic E-state index is 12.4. The molecule has 0 radical (unpaired) electrons. The summed E-state index contributed by atoms with van der Waals surface area (Å²) in [5, 5.41) is 0. The third kappa shape index (κ3) is 6.65. The number of aryl methyl sites for hydroxylation is 1. The molecule has 0 N–H and O–H groups in total. The van der Waals surface area contributed by atoms with Crippen LogP contribution in [-0.2, 0) is 28.7 Å². The average molecular weight is 391 g/mol. The summed E-state index contributed by atoms with van der Waals surface area (Å²) >= 11 is 0. The summed E-state index contributed by atoms with van der Waals surface area (Å²) in [6, 6.07) is 1.86. The number of esters is 2. The molecule has 0 saturated heterocycles. The molecular formula is C24H38O4. The Morgan fingerprint density at radius 1 is 0.750 bits per heavy atom. The number of unbranched alkanes of at least 4 members (excludes halogenated alkanes) is 7. The van der Waals surface area contributed by atoms with Gasteiger partial charge in [-0.25, -0.2) is 9.59 Å². The first kappa shape index (κ1) is 24.2. The number of hydrogen-bond donors (Lipinski definition) is 0. The molecule has 0 aliphatic heterocycles. The molecule has 1 aromatic rings. The normalized spacial score (nSPS) is 10.8. The van der Waals surface area contributed by atoms with Gasteiger partial charge in [0.05, 0.1) is 25.3 Å². The highest BCUT2D eigenvalue weighted by Crippen LogP contribution is 2.28. The molecule has 0 heterocycles. The van der Waals surface area contributed by atoms with E-state index >= 15 is 0 Å². The van der Waals surface area contributed by atoms with Crippen LogP contribution in [0.25, 0.3) is 0 Å². The Morgan fingerprint density at radius 2 is 1.29 bits per heavy atom. The number of carbonyl (C=O) groups is 2. The standard InChI is InChI=1S/C24H38O4/c1-6-9-10-11-12-13-14-15-16-18-17-21(23(25)27-4)22(24(26)28-5)20(8-3)19(18)7-2/h17H,6-16H2,1-5H3. The minimum atomic E-state index is -0.477. The summed E-state index contributed by atoms with van der Waals surface area (Å²) in [7, 11) is 2.70. The number of methoxy groups -OCH3 is 2. The summed E-state index contributed by atoms with van der Waals surface area (Å²) in [6.45, 7) is 6.36. The van der Waals surface area contributed by atoms with E-state index in [1.165, 1.54) is 70.3 Å². The molecule has 0 aliphatic rings. The van der Waals surface area contributed by atoms with Crippen LogP contribution in [0.3, 0.4) is 0 Å². The van der Waals surface area contributed by atoms with E-state index in [-0.39, 0.29) is 0 Å². The Bertz CT molecular complexity index is 634. The van der Waals surface area contributed by atoms with E-state index in [0.29, 0.717) is 17.5 Å². The number of benzene rings is 1. The third-order valence-corrected chi connectivity index (χ3v) is 5.44. The Hall–Kier alpha value is -1.84. The molecule has 0 bridgehead atoms. The SMILES string of the molecule is CCCCCCCCCCc1cc(C(=O)OC)c(C(=O)OC)c(CC)c1CC. The van der Waals surface area contributed by atoms with E-state index in [9.17, 15) is 9.59 Å². The second-order valence-electron chi connectivity index (χ2n) is 7.33. The van der Waals surface area contributed by atoms with Crippen LogP contribution in [-0.4, -0.2) is 26.2 Å². The van der Waals surface area contributed by atoms with Crippen LogP contribution in [0, 0.1) is 0 Å². The van der Waals surface area contributed by atoms with Crippen molar-refractivity contribution in [2.24, 2.45) is 0 Å². The molecule has 0 spiro atoms. The van der Waals surface area contributed by atoms with Gasteiger partial charge in [0.2, 0.25) is 0 Å². The molecular weight excluding hydrogens is 352 g/mol. The first-order valence-corrected chi connectivity index (χ1v) is 10.9. The molecule has 4 nitrogen and oxygen atoms in total. The molecule has 1 rings (SSSR count). The van der Waals surface area contributed by atoms with Crippen molar-refractivity contribution in [3.63, 3.8) is 0 Å². The second kappa shape index (κ2) is 13.4. The van der Waals surface area contributed by atoms with Crippen molar-refractivity contribution in [1.82, 2.24) is 0 Å². The fourth-order valence-corrected chi connectivity index (χ4v) is 3.95. The van der Waals surface area contributed by atoms with E-state index < -0.39 is 11.9 Å². The zero-order chi connectivity index (χ0) is 20.9. The van der Waals surface area contributed by atoms with Gasteiger partial charge in [-0.05, 0) is 48.4 Å². The summed E-state index contributed by atoms with van der Waals surface area (Å²) < 4.78 is 9.90. The predicted octanol–water partition coefficient (Wildman–Crippen LogP) is 6.07. The van der Waals surface area contributed by atoms with Gasteiger partial charge in [-0.3, -0.25) is 0 Å². The molecule has 0 fully saturated rings. The third-order valence-electron chi connectivity index (χ3n) is 5.44. The van der Waals surface area contributed by atoms with Crippen LogP contribution < -0.4 is 0 Å². The van der Waals surface area contributed by atoms with Crippen LogP contribution >= 0.6 is 0 Å². The molecule has 0 amide bonds. The second-order valence-corrected chi connectivity index (χ2v) is 7.33. The first-order chi connectivity index (χ1) is 13.5. The molecule has 0 aromatic heterocycles. The van der Waals surface area contributed by atoms with Crippen molar-refractivity contribution in [2.75, 3.05) is 14.2 Å². The van der Waals surface area contributed by atoms with Crippen LogP contribution in [0.15, 0.2) is 6.07 Å². The van der Waals surface area contributed by atoms with Crippen LogP contribution in [0.1, 0.15) is 110 Å². The Balaban J connectivity index is 2.99. The lowest BCUT2D eigenvalue weighted by Crippen LogP contribution is -2.18. The molecule has 0 unspecified atom stereocenters. The van der Waals surface area contributed by atoms with E-state index in [4.69, 9.17) is 9.47 Å². The van der Waals surface area contributed by atoms with E-state index in [2.05, 4.69) is 13.8 Å². The lowest BCUT2D eigenvalue weighted by atomic mass is 9.86. The largest absolute Gasteiger partial charge is 0.465 e. The summed E-state index contributed by atoms with van der Waals surface area (Å²) in [6.07, 6.45) is 12.6. The van der Waals surface area contributed by atoms with Gasteiger partial charge in [-0.1, -0.05) is 65.7 Å². The van der Waals surface area contributed by atoms with Crippen molar-refractivity contribution < 1.29 is 19.1 Å². The summed E-state index contributed by atoms with van der Waals surface area (Å²) in [5.74, 6) is -0.944. The first-order valence-electron chi connectivity index (χ1n) is 10.9. The van der Waals surface area contributed by atoms with Gasteiger partial charge in [0, 0.05) is 0 Å². The molecule has 0 atom stereocenters. The lowest BCUT2D eigenvalue weighted by molar-refractivity contribution is 0.0554. The van der Waals surface area contributed by atoms with Crippen LogP contribution in [0.5, 0.6) is 0 Å². The van der Waals surface area contributed by atoms with Gasteiger partial charge in [0.1, 0.15) is 0 Å². The molecule has 158 valence electrons. The van der Waals surface area contributed by atoms with Crippen LogP contribution in [0.4, 0.5) is 0 Å². The van der Waals surface area contributed by atoms with Gasteiger partial charge in [0.15, 0.2) is 0 Å². The minimum absolute atomic E-state index is 0.331. The number of carbonyl (C=O) groups excluding carboxylic acids is 2. The van der Waals surface area contributed by atoms with E-state index in [1.807, 2.05) is 13.0 Å². The van der Waals surface area contributed by atoms with Crippen molar-refractivity contribution in [3.05, 3.63) is 33.9 Å². The number of hydrogen-bond acceptors (Lipinski definition) is 4. The van der Waals surface area contributed by atoms with Gasteiger partial charge in [-0.2, -0.15) is 0 Å². The monoisotopic (exact) mass is 390 g/mol. The Labute approximate surface area is 171 Å². The smallest absolute Gasteiger partial charge is 0.339 e. The van der Waals surface area contributed by atoms with E-state index in [1.54, 1.807) is 0 Å². The fraction of sp³-hybridized carbons (Fsp3) is 0.667. The quantitative estimate of drug-likeness (QED) is 0.303. The lowest BCUT2D eigenvalue weighted by Gasteiger charge is -2.19. The minimum Gasteiger partial charge on any atom is -0.465 e. The van der Waals surface area contributed by atoms with Gasteiger partial charge < -0.3 is 9.47 Å². The fourth-order valence-electron chi connectivity index (χ4n) is 3.95. The zero-order valence-corrected chi connectivity index (χ0v) is 18.5. The van der Waals surface area contributed by atoms with E-state index in [0.717, 1.165) is 24.8 Å². The maximum Gasteiger partial charge on any atom is 0.339 e. The zero-order valence-electron chi connectivity index (χ0n) is 18.5. The average Bonchev–Trinajstić information content (AvgIpc) is 2.73. The van der Waals surface area contributed by atoms with Crippen molar-refractivity contribution in [2.45, 2.75) is 91.4 Å². The van der Waals surface area contributed by atoms with Crippen LogP contribution in [0.2, 0.25) is 0 Å². The van der Waals surface area contributed by atoms with Gasteiger partial charge in [-0.15, -0.1) is 0 Å². The molecule has 0 saturated carbocycles. The van der Waals surface area contributed by atoms with Crippen molar-refractivity contribution in [3.8, 4) is 0 Å². The highest BCUT2D eigenvalue weighted by Gasteiger charge is 2.25. The number of ether oxygens (including phenoxy) is 2. The number of rotatable bonds is 13. The molecule has 0 aliphatic carbocycles. The highest BCUT2D eigenvalue weighted by molar-refractivity contribution is 6.04. The van der Waals surface area contributed by atoms with Gasteiger partial charge in [0.25, 0.3) is 0 Å². The Kier molecular flexibility index (Phi) is 11.5. The molecule has 1 aromatic carbocycles. The summed E-state index contributed by atoms with van der Waals surface area (Å²) in [4.78, 5) is 24.7. The van der Waals surface area contributed by atoms with Crippen molar-refractivity contribution >= 4 is 11.9 Å². The predicted molar refractivity (Wildman–Crippen MR) is 114 cm³/mol. The molecule has 4 heteroatoms. The Morgan fingerprint density at radius 3 is 1.79 bits per heavy atom. The maximum absolute atomic E-state index is 12.4. The highest BCUT2D eigenvalue weighted by atomic mass is 16.5. The topological polar surface area (TPSA) is 52.6 Å².